The van der Waals surface area contributed by atoms with Gasteiger partial charge >= 0.3 is 0 Å². The normalized spacial score (nSPS) is 11.0. The Labute approximate surface area is 123 Å². The highest BCUT2D eigenvalue weighted by atomic mass is 32.2. The minimum Gasteiger partial charge on any atom is -0.445 e. The van der Waals surface area contributed by atoms with E-state index in [1.807, 2.05) is 0 Å². The van der Waals surface area contributed by atoms with Gasteiger partial charge in [-0.1, -0.05) is 17.9 Å². The largest absolute Gasteiger partial charge is 0.445 e. The fourth-order valence-corrected chi connectivity index (χ4v) is 2.64. The van der Waals surface area contributed by atoms with Gasteiger partial charge in [0, 0.05) is 5.56 Å². The van der Waals surface area contributed by atoms with Crippen LogP contribution in [0.2, 0.25) is 0 Å². The summed E-state index contributed by atoms with van der Waals surface area (Å²) in [6.07, 6.45) is 1.53. The zero-order valence-electron chi connectivity index (χ0n) is 11.5. The molecule has 7 heteroatoms. The number of hydrogen-bond acceptors (Lipinski definition) is 5. The van der Waals surface area contributed by atoms with Gasteiger partial charge in [0.05, 0.1) is 24.2 Å². The summed E-state index contributed by atoms with van der Waals surface area (Å²) in [5.74, 6) is 6.42. The third kappa shape index (κ3) is 4.16. The van der Waals surface area contributed by atoms with Crippen molar-refractivity contribution < 1.29 is 12.8 Å². The van der Waals surface area contributed by atoms with E-state index in [1.54, 1.807) is 19.1 Å². The molecule has 0 aliphatic rings. The average Bonchev–Trinajstić information content (AvgIpc) is 2.89. The maximum absolute atomic E-state index is 12.2. The zero-order valence-corrected chi connectivity index (χ0v) is 12.3. The molecular weight excluding hydrogens is 290 g/mol. The Bertz CT molecular complexity index is 785. The van der Waals surface area contributed by atoms with E-state index in [0.29, 0.717) is 17.2 Å². The highest BCUT2D eigenvalue weighted by Crippen LogP contribution is 2.11. The van der Waals surface area contributed by atoms with Crippen LogP contribution in [0.1, 0.15) is 17.2 Å². The van der Waals surface area contributed by atoms with Crippen molar-refractivity contribution in [1.82, 2.24) is 9.71 Å². The predicted octanol–water partition coefficient (Wildman–Crippen LogP) is 0.772. The fourth-order valence-electron chi connectivity index (χ4n) is 1.62. The van der Waals surface area contributed by atoms with Gasteiger partial charge in [0.15, 0.2) is 0 Å². The number of aromatic nitrogens is 1. The van der Waals surface area contributed by atoms with E-state index < -0.39 is 10.0 Å². The molecule has 1 aromatic carbocycles. The van der Waals surface area contributed by atoms with Crippen molar-refractivity contribution in [3.05, 3.63) is 47.7 Å². The summed E-state index contributed by atoms with van der Waals surface area (Å²) in [6, 6.07) is 6.34. The minimum absolute atomic E-state index is 0.00508. The molecule has 1 heterocycles. The van der Waals surface area contributed by atoms with E-state index >= 15 is 0 Å². The second-order valence-electron chi connectivity index (χ2n) is 4.22. The first-order valence-electron chi connectivity index (χ1n) is 6.21. The van der Waals surface area contributed by atoms with Crippen molar-refractivity contribution >= 4 is 10.0 Å². The topological polar surface area (TPSA) is 98.2 Å². The summed E-state index contributed by atoms with van der Waals surface area (Å²) < 4.78 is 32.0. The van der Waals surface area contributed by atoms with Crippen molar-refractivity contribution in [2.24, 2.45) is 5.73 Å². The van der Waals surface area contributed by atoms with Crippen LogP contribution < -0.4 is 10.5 Å². The first-order valence-corrected chi connectivity index (χ1v) is 7.69. The SMILES string of the molecule is Cc1cnc(CNS(=O)(=O)c2cccc(C#CCN)c2)o1. The van der Waals surface area contributed by atoms with E-state index in [9.17, 15) is 8.42 Å². The van der Waals surface area contributed by atoms with Crippen LogP contribution in [0.3, 0.4) is 0 Å². The van der Waals surface area contributed by atoms with Crippen LogP contribution in [0.25, 0.3) is 0 Å². The summed E-state index contributed by atoms with van der Waals surface area (Å²) in [5, 5.41) is 0. The summed E-state index contributed by atoms with van der Waals surface area (Å²) in [6.45, 7) is 1.96. The van der Waals surface area contributed by atoms with Gasteiger partial charge in [-0.15, -0.1) is 0 Å². The van der Waals surface area contributed by atoms with Gasteiger partial charge in [-0.05, 0) is 25.1 Å². The summed E-state index contributed by atoms with van der Waals surface area (Å²) in [7, 11) is -3.65. The first kappa shape index (κ1) is 15.3. The number of benzene rings is 1. The number of oxazole rings is 1. The molecule has 0 aliphatic carbocycles. The van der Waals surface area contributed by atoms with Crippen molar-refractivity contribution in [2.75, 3.05) is 6.54 Å². The second kappa shape index (κ2) is 6.54. The molecule has 0 radical (unpaired) electrons. The molecule has 0 spiro atoms. The monoisotopic (exact) mass is 305 g/mol. The maximum atomic E-state index is 12.2. The third-order valence-electron chi connectivity index (χ3n) is 2.56. The molecule has 110 valence electrons. The molecule has 2 aromatic rings. The van der Waals surface area contributed by atoms with Gasteiger partial charge in [0.2, 0.25) is 15.9 Å². The Morgan fingerprint density at radius 1 is 1.43 bits per heavy atom. The number of sulfonamides is 1. The van der Waals surface area contributed by atoms with Gasteiger partial charge in [-0.3, -0.25) is 0 Å². The smallest absolute Gasteiger partial charge is 0.241 e. The standard InChI is InChI=1S/C14H15N3O3S/c1-11-9-16-14(20-11)10-17-21(18,19)13-6-2-4-12(8-13)5-3-7-15/h2,4,6,8-9,17H,7,10,15H2,1H3. The molecular formula is C14H15N3O3S. The Hall–Kier alpha value is -2.14. The first-order chi connectivity index (χ1) is 10.0. The van der Waals surface area contributed by atoms with Crippen molar-refractivity contribution in [3.63, 3.8) is 0 Å². The van der Waals surface area contributed by atoms with E-state index in [0.717, 1.165) is 0 Å². The van der Waals surface area contributed by atoms with E-state index in [2.05, 4.69) is 21.5 Å². The molecule has 0 aliphatic heterocycles. The van der Waals surface area contributed by atoms with Gasteiger partial charge in [-0.2, -0.15) is 0 Å². The Morgan fingerprint density at radius 2 is 2.24 bits per heavy atom. The van der Waals surface area contributed by atoms with Crippen LogP contribution in [0.5, 0.6) is 0 Å². The lowest BCUT2D eigenvalue weighted by molar-refractivity contribution is 0.463. The number of rotatable bonds is 4. The summed E-state index contributed by atoms with van der Waals surface area (Å²) >= 11 is 0. The fraction of sp³-hybridized carbons (Fsp3) is 0.214. The number of nitrogens with zero attached hydrogens (tertiary/aromatic N) is 1. The lowest BCUT2D eigenvalue weighted by Crippen LogP contribution is -2.23. The summed E-state index contributed by atoms with van der Waals surface area (Å²) in [5.41, 5.74) is 5.89. The van der Waals surface area contributed by atoms with E-state index in [1.165, 1.54) is 18.3 Å². The quantitative estimate of drug-likeness (QED) is 0.813. The molecule has 2 rings (SSSR count). The number of nitrogens with two attached hydrogens (primary N) is 1. The molecule has 0 amide bonds. The molecule has 6 nitrogen and oxygen atoms in total. The number of aryl methyl sites for hydroxylation is 1. The Morgan fingerprint density at radius 3 is 2.90 bits per heavy atom. The van der Waals surface area contributed by atoms with Crippen LogP contribution in [0.4, 0.5) is 0 Å². The van der Waals surface area contributed by atoms with Crippen LogP contribution in [-0.4, -0.2) is 19.9 Å². The van der Waals surface area contributed by atoms with Gasteiger partial charge in [0.1, 0.15) is 5.76 Å². The molecule has 0 unspecified atom stereocenters. The molecule has 3 N–H and O–H groups in total. The van der Waals surface area contributed by atoms with Crippen LogP contribution in [0.15, 0.2) is 39.8 Å². The van der Waals surface area contributed by atoms with Crippen LogP contribution >= 0.6 is 0 Å². The zero-order chi connectivity index (χ0) is 15.3. The molecule has 21 heavy (non-hydrogen) atoms. The Balaban J connectivity index is 2.15. The Kier molecular flexibility index (Phi) is 4.75. The molecule has 0 bridgehead atoms. The average molecular weight is 305 g/mol. The minimum atomic E-state index is -3.65. The molecule has 0 fully saturated rings. The van der Waals surface area contributed by atoms with Crippen molar-refractivity contribution in [2.45, 2.75) is 18.4 Å². The van der Waals surface area contributed by atoms with Gasteiger partial charge in [-0.25, -0.2) is 18.1 Å². The predicted molar refractivity (Wildman–Crippen MR) is 77.6 cm³/mol. The van der Waals surface area contributed by atoms with E-state index in [4.69, 9.17) is 10.2 Å². The van der Waals surface area contributed by atoms with Gasteiger partial charge in [0.25, 0.3) is 0 Å². The lowest BCUT2D eigenvalue weighted by Gasteiger charge is -2.05. The third-order valence-corrected chi connectivity index (χ3v) is 3.96. The molecule has 0 saturated heterocycles. The van der Waals surface area contributed by atoms with Crippen molar-refractivity contribution in [3.8, 4) is 11.8 Å². The highest BCUT2D eigenvalue weighted by Gasteiger charge is 2.15. The van der Waals surface area contributed by atoms with Gasteiger partial charge < -0.3 is 10.2 Å². The lowest BCUT2D eigenvalue weighted by atomic mass is 10.2. The highest BCUT2D eigenvalue weighted by molar-refractivity contribution is 7.89. The van der Waals surface area contributed by atoms with E-state index in [-0.39, 0.29) is 18.0 Å². The number of hydrogen-bond donors (Lipinski definition) is 2. The molecule has 0 saturated carbocycles. The molecule has 1 aromatic heterocycles. The second-order valence-corrected chi connectivity index (χ2v) is 5.99. The van der Waals surface area contributed by atoms with Crippen LogP contribution in [0, 0.1) is 18.8 Å². The van der Waals surface area contributed by atoms with Crippen LogP contribution in [-0.2, 0) is 16.6 Å². The molecule has 0 atom stereocenters. The summed E-state index contributed by atoms with van der Waals surface area (Å²) in [4.78, 5) is 4.07. The number of nitrogens with one attached hydrogen (secondary N) is 1. The maximum Gasteiger partial charge on any atom is 0.241 e. The van der Waals surface area contributed by atoms with Crippen molar-refractivity contribution in [1.29, 1.82) is 0 Å².